The summed E-state index contributed by atoms with van der Waals surface area (Å²) < 4.78 is 5.20. The second kappa shape index (κ2) is 23.2. The molecule has 0 aliphatic heterocycles. The molecular weight excluding hydrogens is 448 g/mol. The number of nitrogens with one attached hydrogen (secondary N) is 1. The summed E-state index contributed by atoms with van der Waals surface area (Å²) in [5.74, 6) is -1.81. The maximum atomic E-state index is 12.3. The first-order valence-corrected chi connectivity index (χ1v) is 13.4. The lowest BCUT2D eigenvalue weighted by Crippen LogP contribution is -2.50. The molecule has 0 rings (SSSR count). The van der Waals surface area contributed by atoms with E-state index in [-0.39, 0.29) is 20.0 Å². The highest BCUT2D eigenvalue weighted by Crippen LogP contribution is 2.14. The van der Waals surface area contributed by atoms with E-state index in [4.69, 9.17) is 15.6 Å². The Morgan fingerprint density at radius 2 is 1.31 bits per heavy atom. The summed E-state index contributed by atoms with van der Waals surface area (Å²) in [4.78, 5) is 24.1. The molecule has 8 heteroatoms. The molecule has 6 N–H and O–H groups in total. The molecule has 0 spiro atoms. The lowest BCUT2D eigenvalue weighted by atomic mass is 10.0. The number of aliphatic hydroxyl groups excluding tert-OH is 3. The molecule has 0 aromatic heterocycles. The molecular formula is C27H56N2O6. The average Bonchev–Trinajstić information content (AvgIpc) is 2.82. The van der Waals surface area contributed by atoms with Crippen LogP contribution >= 0.6 is 0 Å². The zero-order chi connectivity index (χ0) is 25.8. The summed E-state index contributed by atoms with van der Waals surface area (Å²) in [7, 11) is 0. The summed E-state index contributed by atoms with van der Waals surface area (Å²) in [6.07, 6.45) is 14.6. The fourth-order valence-corrected chi connectivity index (χ4v) is 3.79. The van der Waals surface area contributed by atoms with Gasteiger partial charge in [0.15, 0.2) is 6.10 Å². The molecule has 210 valence electrons. The summed E-state index contributed by atoms with van der Waals surface area (Å²) in [5.41, 5.74) is 5.97. The average molecular weight is 505 g/mol. The van der Waals surface area contributed by atoms with E-state index in [2.05, 4.69) is 12.2 Å². The van der Waals surface area contributed by atoms with Gasteiger partial charge in [-0.1, -0.05) is 112 Å². The van der Waals surface area contributed by atoms with E-state index in [0.717, 1.165) is 19.3 Å². The maximum absolute atomic E-state index is 12.3. The van der Waals surface area contributed by atoms with Crippen LogP contribution in [0.1, 0.15) is 118 Å². The van der Waals surface area contributed by atoms with Gasteiger partial charge in [0, 0.05) is 0 Å². The zero-order valence-corrected chi connectivity index (χ0v) is 21.8. The van der Waals surface area contributed by atoms with Crippen LogP contribution in [0.3, 0.4) is 0 Å². The van der Waals surface area contributed by atoms with Crippen LogP contribution in [0.15, 0.2) is 0 Å². The van der Waals surface area contributed by atoms with E-state index in [1.54, 1.807) is 13.8 Å². The highest BCUT2D eigenvalue weighted by Gasteiger charge is 2.29. The lowest BCUT2D eigenvalue weighted by molar-refractivity contribution is -0.151. The molecule has 8 nitrogen and oxygen atoms in total. The molecule has 0 saturated carbocycles. The van der Waals surface area contributed by atoms with E-state index < -0.39 is 42.8 Å². The Bertz CT molecular complexity index is 518. The number of hydrogen-bond donors (Lipinski definition) is 5. The van der Waals surface area contributed by atoms with Crippen molar-refractivity contribution < 1.29 is 29.6 Å². The van der Waals surface area contributed by atoms with Gasteiger partial charge in [-0.05, 0) is 12.3 Å². The van der Waals surface area contributed by atoms with Crippen molar-refractivity contribution in [3.63, 3.8) is 0 Å². The highest BCUT2D eigenvalue weighted by molar-refractivity contribution is 5.87. The molecule has 0 aromatic rings. The van der Waals surface area contributed by atoms with Crippen molar-refractivity contribution in [1.82, 2.24) is 5.32 Å². The SMILES string of the molecule is C.CCCCCCCCCCCCCCCC(O)C(N)COC(=O)C(NC(=O)C(O)CO)C(C)C. The Morgan fingerprint density at radius 3 is 1.74 bits per heavy atom. The van der Waals surface area contributed by atoms with Gasteiger partial charge in [-0.25, -0.2) is 4.79 Å². The molecule has 4 unspecified atom stereocenters. The third-order valence-electron chi connectivity index (χ3n) is 6.21. The molecule has 0 fully saturated rings. The van der Waals surface area contributed by atoms with Crippen molar-refractivity contribution in [2.24, 2.45) is 11.7 Å². The third kappa shape index (κ3) is 18.7. The highest BCUT2D eigenvalue weighted by atomic mass is 16.5. The van der Waals surface area contributed by atoms with Crippen LogP contribution in [0, 0.1) is 5.92 Å². The lowest BCUT2D eigenvalue weighted by Gasteiger charge is -2.24. The number of carbonyl (C=O) groups is 2. The molecule has 0 aliphatic carbocycles. The molecule has 0 bridgehead atoms. The Morgan fingerprint density at radius 1 is 0.857 bits per heavy atom. The minimum Gasteiger partial charge on any atom is -0.462 e. The molecule has 1 amide bonds. The van der Waals surface area contributed by atoms with Gasteiger partial charge in [-0.15, -0.1) is 0 Å². The number of ether oxygens (including phenoxy) is 1. The third-order valence-corrected chi connectivity index (χ3v) is 6.21. The summed E-state index contributed by atoms with van der Waals surface area (Å²) >= 11 is 0. The summed E-state index contributed by atoms with van der Waals surface area (Å²) in [6.45, 7) is 4.80. The fourth-order valence-electron chi connectivity index (χ4n) is 3.79. The minimum absolute atomic E-state index is 0. The molecule has 4 atom stereocenters. The first kappa shape index (κ1) is 35.9. The molecule has 35 heavy (non-hydrogen) atoms. The largest absolute Gasteiger partial charge is 0.462 e. The molecule has 0 saturated heterocycles. The molecule has 0 radical (unpaired) electrons. The monoisotopic (exact) mass is 504 g/mol. The van der Waals surface area contributed by atoms with E-state index in [1.807, 2.05) is 0 Å². The maximum Gasteiger partial charge on any atom is 0.328 e. The summed E-state index contributed by atoms with van der Waals surface area (Å²) in [5, 5.41) is 30.9. The van der Waals surface area contributed by atoms with Crippen LogP contribution in [0.25, 0.3) is 0 Å². The Hall–Kier alpha value is -1.22. The summed E-state index contributed by atoms with van der Waals surface area (Å²) in [6, 6.07) is -1.67. The van der Waals surface area contributed by atoms with Gasteiger partial charge in [0.05, 0.1) is 18.8 Å². The van der Waals surface area contributed by atoms with Gasteiger partial charge < -0.3 is 31.1 Å². The molecule has 0 heterocycles. The first-order chi connectivity index (χ1) is 16.2. The van der Waals surface area contributed by atoms with Crippen molar-refractivity contribution in [2.75, 3.05) is 13.2 Å². The predicted octanol–water partition coefficient (Wildman–Crippen LogP) is 3.83. The van der Waals surface area contributed by atoms with Crippen molar-refractivity contribution >= 4 is 11.9 Å². The van der Waals surface area contributed by atoms with Gasteiger partial charge in [0.1, 0.15) is 12.6 Å². The number of unbranched alkanes of at least 4 members (excludes halogenated alkanes) is 12. The second-order valence-electron chi connectivity index (χ2n) is 9.82. The number of nitrogens with two attached hydrogens (primary N) is 1. The fraction of sp³-hybridized carbons (Fsp3) is 0.926. The molecule has 0 aliphatic rings. The number of hydrogen-bond acceptors (Lipinski definition) is 7. The number of amides is 1. The predicted molar refractivity (Wildman–Crippen MR) is 142 cm³/mol. The van der Waals surface area contributed by atoms with E-state index in [0.29, 0.717) is 6.42 Å². The minimum atomic E-state index is -1.60. The number of carbonyl (C=O) groups excluding carboxylic acids is 2. The van der Waals surface area contributed by atoms with Crippen LogP contribution in [0.2, 0.25) is 0 Å². The van der Waals surface area contributed by atoms with Crippen molar-refractivity contribution in [1.29, 1.82) is 0 Å². The van der Waals surface area contributed by atoms with E-state index in [1.165, 1.54) is 64.2 Å². The van der Waals surface area contributed by atoms with Crippen LogP contribution in [-0.4, -0.2) is 64.7 Å². The standard InChI is InChI=1S/C26H52N2O6.CH4/c1-4-5-6-7-8-9-10-11-12-13-14-15-16-17-22(30)21(27)19-34-26(33)24(20(2)3)28-25(32)23(31)18-29;/h20-24,29-31H,4-19,27H2,1-3H3,(H,28,32);1H4. The quantitative estimate of drug-likeness (QED) is 0.111. The Balaban J connectivity index is 0. The van der Waals surface area contributed by atoms with Gasteiger partial charge in [-0.2, -0.15) is 0 Å². The van der Waals surface area contributed by atoms with E-state index >= 15 is 0 Å². The van der Waals surface area contributed by atoms with Gasteiger partial charge in [0.25, 0.3) is 5.91 Å². The molecule has 0 aromatic carbocycles. The van der Waals surface area contributed by atoms with E-state index in [9.17, 15) is 19.8 Å². The van der Waals surface area contributed by atoms with Gasteiger partial charge >= 0.3 is 5.97 Å². The number of aliphatic hydroxyl groups is 3. The Labute approximate surface area is 214 Å². The van der Waals surface area contributed by atoms with Crippen molar-refractivity contribution in [3.05, 3.63) is 0 Å². The van der Waals surface area contributed by atoms with Gasteiger partial charge in [0.2, 0.25) is 0 Å². The van der Waals surface area contributed by atoms with Crippen molar-refractivity contribution in [2.45, 2.75) is 142 Å². The topological polar surface area (TPSA) is 142 Å². The van der Waals surface area contributed by atoms with Crippen molar-refractivity contribution in [3.8, 4) is 0 Å². The van der Waals surface area contributed by atoms with Crippen LogP contribution in [0.4, 0.5) is 0 Å². The first-order valence-electron chi connectivity index (χ1n) is 13.4. The smallest absolute Gasteiger partial charge is 0.328 e. The second-order valence-corrected chi connectivity index (χ2v) is 9.82. The van der Waals surface area contributed by atoms with Crippen LogP contribution < -0.4 is 11.1 Å². The number of rotatable bonds is 22. The van der Waals surface area contributed by atoms with Crippen LogP contribution in [-0.2, 0) is 14.3 Å². The number of esters is 1. The van der Waals surface area contributed by atoms with Crippen LogP contribution in [0.5, 0.6) is 0 Å². The normalized spacial score (nSPS) is 14.6. The Kier molecular flexibility index (Phi) is 23.8. The van der Waals surface area contributed by atoms with Gasteiger partial charge in [-0.3, -0.25) is 4.79 Å². The zero-order valence-electron chi connectivity index (χ0n) is 21.8.